The molecule has 0 spiro atoms. The Labute approximate surface area is 119 Å². The molecule has 0 fully saturated rings. The molecular weight excluding hydrogens is 308 g/mol. The topological polar surface area (TPSA) is 52.0 Å². The molecule has 5 heteroatoms. The van der Waals surface area contributed by atoms with Crippen LogP contribution in [0.1, 0.15) is 20.3 Å². The summed E-state index contributed by atoms with van der Waals surface area (Å²) >= 11 is 3.33. The predicted molar refractivity (Wildman–Crippen MR) is 78.2 cm³/mol. The number of halogens is 1. The number of aromatic nitrogens is 2. The largest absolute Gasteiger partial charge is 0.297 e. The zero-order valence-electron chi connectivity index (χ0n) is 10.9. The van der Waals surface area contributed by atoms with Gasteiger partial charge in [0.15, 0.2) is 5.78 Å². The molecule has 0 N–H and O–H groups in total. The van der Waals surface area contributed by atoms with Gasteiger partial charge in [0.05, 0.1) is 23.8 Å². The van der Waals surface area contributed by atoms with Crippen LogP contribution in [0.25, 0.3) is 10.9 Å². The zero-order chi connectivity index (χ0) is 14.0. The van der Waals surface area contributed by atoms with E-state index in [0.717, 1.165) is 10.9 Å². The van der Waals surface area contributed by atoms with Crippen molar-refractivity contribution in [2.45, 2.75) is 26.8 Å². The Morgan fingerprint density at radius 2 is 2.21 bits per heavy atom. The fourth-order valence-corrected chi connectivity index (χ4v) is 2.16. The average molecular weight is 323 g/mol. The van der Waals surface area contributed by atoms with Crippen molar-refractivity contribution in [3.05, 3.63) is 39.4 Å². The standard InChI is InChI=1S/C14H15BrN2O2/c1-3-9(2)13(18)7-17-8-16-12-5-4-10(15)6-11(12)14(17)19/h4-6,8-9H,3,7H2,1-2H3. The molecule has 0 saturated heterocycles. The first-order valence-electron chi connectivity index (χ1n) is 6.20. The Morgan fingerprint density at radius 3 is 2.89 bits per heavy atom. The van der Waals surface area contributed by atoms with Crippen molar-refractivity contribution < 1.29 is 4.79 Å². The van der Waals surface area contributed by atoms with Crippen LogP contribution in [0.5, 0.6) is 0 Å². The van der Waals surface area contributed by atoms with Gasteiger partial charge < -0.3 is 0 Å². The van der Waals surface area contributed by atoms with E-state index in [9.17, 15) is 9.59 Å². The van der Waals surface area contributed by atoms with Crippen molar-refractivity contribution in [1.82, 2.24) is 9.55 Å². The van der Waals surface area contributed by atoms with Crippen LogP contribution < -0.4 is 5.56 Å². The summed E-state index contributed by atoms with van der Waals surface area (Å²) in [6.07, 6.45) is 2.22. The molecule has 0 radical (unpaired) electrons. The number of fused-ring (bicyclic) bond motifs is 1. The molecule has 0 bridgehead atoms. The molecule has 1 heterocycles. The fraction of sp³-hybridized carbons (Fsp3) is 0.357. The number of Topliss-reactive ketones (excluding diaryl/α,β-unsaturated/α-hetero) is 1. The van der Waals surface area contributed by atoms with Crippen LogP contribution in [-0.4, -0.2) is 15.3 Å². The maximum atomic E-state index is 12.3. The van der Waals surface area contributed by atoms with E-state index in [4.69, 9.17) is 0 Å². The molecule has 2 aromatic rings. The van der Waals surface area contributed by atoms with Crippen molar-refractivity contribution in [3.8, 4) is 0 Å². The summed E-state index contributed by atoms with van der Waals surface area (Å²) in [5, 5.41) is 0.522. The lowest BCUT2D eigenvalue weighted by Crippen LogP contribution is -2.27. The second kappa shape index (κ2) is 5.65. The van der Waals surface area contributed by atoms with Gasteiger partial charge in [-0.25, -0.2) is 4.98 Å². The molecule has 1 atom stereocenters. The first kappa shape index (κ1) is 13.9. The molecule has 19 heavy (non-hydrogen) atoms. The van der Waals surface area contributed by atoms with E-state index in [1.807, 2.05) is 19.9 Å². The minimum Gasteiger partial charge on any atom is -0.297 e. The van der Waals surface area contributed by atoms with Crippen LogP contribution in [0.15, 0.2) is 33.8 Å². The number of hydrogen-bond donors (Lipinski definition) is 0. The predicted octanol–water partition coefficient (Wildman–Crippen LogP) is 2.77. The summed E-state index contributed by atoms with van der Waals surface area (Å²) in [5.74, 6) is 0.0193. The van der Waals surface area contributed by atoms with Crippen LogP contribution in [0.4, 0.5) is 0 Å². The van der Waals surface area contributed by atoms with Crippen molar-refractivity contribution >= 4 is 32.6 Å². The second-order valence-corrected chi connectivity index (χ2v) is 5.53. The van der Waals surface area contributed by atoms with E-state index in [1.165, 1.54) is 10.9 Å². The molecule has 0 saturated carbocycles. The molecule has 1 unspecified atom stereocenters. The summed E-state index contributed by atoms with van der Waals surface area (Å²) in [6.45, 7) is 3.92. The van der Waals surface area contributed by atoms with E-state index >= 15 is 0 Å². The van der Waals surface area contributed by atoms with Gasteiger partial charge in [-0.15, -0.1) is 0 Å². The summed E-state index contributed by atoms with van der Waals surface area (Å²) in [6, 6.07) is 5.35. The van der Waals surface area contributed by atoms with Crippen LogP contribution in [0.2, 0.25) is 0 Å². The van der Waals surface area contributed by atoms with Crippen molar-refractivity contribution in [2.24, 2.45) is 5.92 Å². The number of ketones is 1. The van der Waals surface area contributed by atoms with E-state index in [-0.39, 0.29) is 23.8 Å². The molecule has 0 amide bonds. The van der Waals surface area contributed by atoms with Crippen LogP contribution in [0.3, 0.4) is 0 Å². The minimum absolute atomic E-state index is 0.0369. The van der Waals surface area contributed by atoms with E-state index in [2.05, 4.69) is 20.9 Å². The summed E-state index contributed by atoms with van der Waals surface area (Å²) in [5.41, 5.74) is 0.461. The maximum Gasteiger partial charge on any atom is 0.261 e. The van der Waals surface area contributed by atoms with E-state index in [1.54, 1.807) is 12.1 Å². The van der Waals surface area contributed by atoms with Gasteiger partial charge >= 0.3 is 0 Å². The third kappa shape index (κ3) is 2.92. The number of nitrogens with zero attached hydrogens (tertiary/aromatic N) is 2. The highest BCUT2D eigenvalue weighted by molar-refractivity contribution is 9.10. The van der Waals surface area contributed by atoms with Gasteiger partial charge in [0.25, 0.3) is 5.56 Å². The lowest BCUT2D eigenvalue weighted by Gasteiger charge is -2.09. The van der Waals surface area contributed by atoms with Crippen molar-refractivity contribution in [2.75, 3.05) is 0 Å². The number of rotatable bonds is 4. The highest BCUT2D eigenvalue weighted by Crippen LogP contribution is 2.15. The van der Waals surface area contributed by atoms with Gasteiger partial charge in [0.2, 0.25) is 0 Å². The minimum atomic E-state index is -0.178. The summed E-state index contributed by atoms with van der Waals surface area (Å²) < 4.78 is 2.20. The lowest BCUT2D eigenvalue weighted by atomic mass is 10.0. The molecule has 100 valence electrons. The van der Waals surface area contributed by atoms with Crippen molar-refractivity contribution in [3.63, 3.8) is 0 Å². The monoisotopic (exact) mass is 322 g/mol. The average Bonchev–Trinajstić information content (AvgIpc) is 2.41. The number of benzene rings is 1. The second-order valence-electron chi connectivity index (χ2n) is 4.61. The normalized spacial score (nSPS) is 12.6. The van der Waals surface area contributed by atoms with Gasteiger partial charge in [-0.3, -0.25) is 14.2 Å². The molecule has 1 aromatic heterocycles. The quantitative estimate of drug-likeness (QED) is 0.869. The smallest absolute Gasteiger partial charge is 0.261 e. The van der Waals surface area contributed by atoms with Crippen LogP contribution >= 0.6 is 15.9 Å². The molecule has 0 aliphatic heterocycles. The van der Waals surface area contributed by atoms with Crippen LogP contribution in [0, 0.1) is 5.92 Å². The number of hydrogen-bond acceptors (Lipinski definition) is 3. The maximum absolute atomic E-state index is 12.3. The zero-order valence-corrected chi connectivity index (χ0v) is 12.5. The van der Waals surface area contributed by atoms with Gasteiger partial charge in [0, 0.05) is 10.4 Å². The van der Waals surface area contributed by atoms with E-state index in [0.29, 0.717) is 10.9 Å². The molecule has 4 nitrogen and oxygen atoms in total. The fourth-order valence-electron chi connectivity index (χ4n) is 1.80. The van der Waals surface area contributed by atoms with Gasteiger partial charge in [-0.1, -0.05) is 29.8 Å². The highest BCUT2D eigenvalue weighted by Gasteiger charge is 2.13. The molecule has 0 aliphatic carbocycles. The third-order valence-electron chi connectivity index (χ3n) is 3.27. The Kier molecular flexibility index (Phi) is 4.14. The molecule has 1 aromatic carbocycles. The first-order valence-corrected chi connectivity index (χ1v) is 6.99. The SMILES string of the molecule is CCC(C)C(=O)Cn1cnc2ccc(Br)cc2c1=O. The third-order valence-corrected chi connectivity index (χ3v) is 3.77. The summed E-state index contributed by atoms with van der Waals surface area (Å²) in [7, 11) is 0. The van der Waals surface area contributed by atoms with Crippen LogP contribution in [-0.2, 0) is 11.3 Å². The van der Waals surface area contributed by atoms with E-state index < -0.39 is 0 Å². The highest BCUT2D eigenvalue weighted by atomic mass is 79.9. The lowest BCUT2D eigenvalue weighted by molar-refractivity contribution is -0.123. The Morgan fingerprint density at radius 1 is 1.47 bits per heavy atom. The number of carbonyl (C=O) groups excluding carboxylic acids is 1. The first-order chi connectivity index (χ1) is 9.02. The Bertz CT molecular complexity index is 679. The summed E-state index contributed by atoms with van der Waals surface area (Å²) in [4.78, 5) is 28.4. The molecule has 2 rings (SSSR count). The Balaban J connectivity index is 2.43. The van der Waals surface area contributed by atoms with Gasteiger partial charge in [-0.05, 0) is 24.6 Å². The Hall–Kier alpha value is -1.49. The van der Waals surface area contributed by atoms with Gasteiger partial charge in [-0.2, -0.15) is 0 Å². The molecular formula is C14H15BrN2O2. The van der Waals surface area contributed by atoms with Crippen molar-refractivity contribution in [1.29, 1.82) is 0 Å². The number of carbonyl (C=O) groups is 1. The van der Waals surface area contributed by atoms with Gasteiger partial charge in [0.1, 0.15) is 0 Å². The molecule has 0 aliphatic rings.